The largest absolute Gasteiger partial charge is 0.491 e. The van der Waals surface area contributed by atoms with E-state index in [2.05, 4.69) is 15.2 Å². The van der Waals surface area contributed by atoms with Gasteiger partial charge in [0, 0.05) is 35.9 Å². The van der Waals surface area contributed by atoms with Crippen molar-refractivity contribution in [2.75, 3.05) is 14.1 Å². The number of benzene rings is 1. The first-order valence-corrected chi connectivity index (χ1v) is 13.6. The predicted molar refractivity (Wildman–Crippen MR) is 148 cm³/mol. The van der Waals surface area contributed by atoms with Gasteiger partial charge in [0.2, 0.25) is 0 Å². The van der Waals surface area contributed by atoms with Crippen LogP contribution < -0.4 is 9.22 Å². The molecule has 208 valence electrons. The topological polar surface area (TPSA) is 69.4 Å². The summed E-state index contributed by atoms with van der Waals surface area (Å²) in [6.07, 6.45) is -1.97. The molecule has 0 saturated heterocycles. The van der Waals surface area contributed by atoms with Crippen molar-refractivity contribution < 1.29 is 22.7 Å². The Hall–Kier alpha value is -3.31. The molecule has 0 N–H and O–H groups in total. The van der Waals surface area contributed by atoms with Crippen LogP contribution in [0, 0.1) is 11.8 Å². The number of hydrogen-bond acceptors (Lipinski definition) is 6. The van der Waals surface area contributed by atoms with Gasteiger partial charge >= 0.3 is 12.1 Å². The van der Waals surface area contributed by atoms with Crippen molar-refractivity contribution in [3.05, 3.63) is 48.2 Å². The monoisotopic (exact) mass is 560 g/mol. The van der Waals surface area contributed by atoms with E-state index in [1.807, 2.05) is 48.7 Å². The molecule has 1 unspecified atom stereocenters. The summed E-state index contributed by atoms with van der Waals surface area (Å²) in [5.41, 5.74) is 5.46. The second-order valence-corrected chi connectivity index (χ2v) is 11.6. The molecule has 0 aliphatic heterocycles. The van der Waals surface area contributed by atoms with E-state index >= 15 is 0 Å². The Labute approximate surface area is 229 Å². The van der Waals surface area contributed by atoms with E-state index in [1.165, 1.54) is 11.3 Å². The molecule has 4 rings (SSSR count). The van der Waals surface area contributed by atoms with Crippen LogP contribution in [0.1, 0.15) is 40.5 Å². The third kappa shape index (κ3) is 6.65. The van der Waals surface area contributed by atoms with E-state index in [-0.39, 0.29) is 28.8 Å². The van der Waals surface area contributed by atoms with Gasteiger partial charge in [-0.25, -0.2) is 14.3 Å². The molecule has 7 nitrogen and oxygen atoms in total. The number of amides is 1. The van der Waals surface area contributed by atoms with E-state index in [9.17, 15) is 18.0 Å². The smallest absolute Gasteiger partial charge is 0.389 e. The fraction of sp³-hybridized carbons (Fsp3) is 0.429. The van der Waals surface area contributed by atoms with E-state index < -0.39 is 18.5 Å². The second kappa shape index (κ2) is 11.1. The lowest BCUT2D eigenvalue weighted by atomic mass is 9.88. The Balaban J connectivity index is 1.73. The van der Waals surface area contributed by atoms with Gasteiger partial charge in [-0.05, 0) is 43.9 Å². The lowest BCUT2D eigenvalue weighted by molar-refractivity contribution is -0.151. The van der Waals surface area contributed by atoms with Crippen molar-refractivity contribution in [2.45, 2.75) is 52.8 Å². The third-order valence-electron chi connectivity index (χ3n) is 6.82. The van der Waals surface area contributed by atoms with E-state index in [0.29, 0.717) is 17.1 Å². The molecule has 0 bridgehead atoms. The first-order valence-electron chi connectivity index (χ1n) is 12.7. The summed E-state index contributed by atoms with van der Waals surface area (Å²) in [5, 5.41) is 8.81. The van der Waals surface area contributed by atoms with Gasteiger partial charge in [-0.15, -0.1) is 10.2 Å². The molecular formula is C28H33F3N5O2S+. The average molecular weight is 561 g/mol. The maximum atomic E-state index is 13.5. The minimum atomic E-state index is -4.33. The predicted octanol–water partition coefficient (Wildman–Crippen LogP) is 7.02. The summed E-state index contributed by atoms with van der Waals surface area (Å²) in [6.45, 7) is 7.26. The number of halogens is 3. The number of pyridine rings is 1. The summed E-state index contributed by atoms with van der Waals surface area (Å²) < 4.78 is 47.3. The standard InChI is InChI=1S/C28H33F3N5O2S/c1-17(2)21(14-28(29,30)31)12-26(37)36(5,6)22-9-20(10-23(13-22)38-18(3)4)24-15-32-25-11-19(7-8-35(24)25)27-34-33-16-39-27/h7-11,13,15-18,21H,12,14H2,1-6H3/q+1. The number of hydrogen-bond donors (Lipinski definition) is 0. The van der Waals surface area contributed by atoms with Crippen molar-refractivity contribution in [3.8, 4) is 27.6 Å². The highest BCUT2D eigenvalue weighted by molar-refractivity contribution is 7.12. The molecular weight excluding hydrogens is 527 g/mol. The third-order valence-corrected chi connectivity index (χ3v) is 7.56. The number of alkyl halides is 3. The molecule has 4 aromatic rings. The van der Waals surface area contributed by atoms with Crippen molar-refractivity contribution in [1.82, 2.24) is 24.1 Å². The van der Waals surface area contributed by atoms with Crippen LogP contribution in [0.3, 0.4) is 0 Å². The zero-order chi connectivity index (χ0) is 28.5. The van der Waals surface area contributed by atoms with Crippen LogP contribution >= 0.6 is 11.3 Å². The number of quaternary nitrogens is 1. The molecule has 11 heteroatoms. The van der Waals surface area contributed by atoms with Crippen molar-refractivity contribution >= 4 is 28.6 Å². The lowest BCUT2D eigenvalue weighted by Gasteiger charge is -2.30. The molecule has 1 amide bonds. The number of carbonyl (C=O) groups is 1. The molecule has 3 aromatic heterocycles. The van der Waals surface area contributed by atoms with Crippen molar-refractivity contribution in [3.63, 3.8) is 0 Å². The van der Waals surface area contributed by atoms with Crippen LogP contribution in [0.15, 0.2) is 48.2 Å². The first kappa shape index (κ1) is 28.7. The number of ether oxygens (including phenoxy) is 1. The minimum Gasteiger partial charge on any atom is -0.491 e. The SMILES string of the molecule is CC(C)Oc1cc(-c2cnc3cc(-c4nncs4)ccn23)cc([N+](C)(C)C(=O)CC(CC(F)(F)F)C(C)C)c1. The lowest BCUT2D eigenvalue weighted by Crippen LogP contribution is -2.48. The van der Waals surface area contributed by atoms with Crippen LogP contribution in [0.25, 0.3) is 27.5 Å². The fourth-order valence-corrected chi connectivity index (χ4v) is 5.01. The number of aromatic nitrogens is 4. The average Bonchev–Trinajstić information content (AvgIpc) is 3.52. The molecule has 39 heavy (non-hydrogen) atoms. The van der Waals surface area contributed by atoms with Gasteiger partial charge in [0.05, 0.1) is 38.5 Å². The Morgan fingerprint density at radius 1 is 1.10 bits per heavy atom. The molecule has 0 aliphatic rings. The second-order valence-electron chi connectivity index (χ2n) is 10.8. The van der Waals surface area contributed by atoms with Gasteiger partial charge in [0.25, 0.3) is 0 Å². The Morgan fingerprint density at radius 3 is 2.46 bits per heavy atom. The minimum absolute atomic E-state index is 0.117. The van der Waals surface area contributed by atoms with E-state index in [4.69, 9.17) is 4.74 Å². The maximum Gasteiger partial charge on any atom is 0.389 e. The van der Waals surface area contributed by atoms with E-state index in [1.54, 1.807) is 45.7 Å². The molecule has 0 spiro atoms. The Kier molecular flexibility index (Phi) is 8.13. The van der Waals surface area contributed by atoms with Gasteiger partial charge in [0.15, 0.2) is 0 Å². The number of nitrogens with zero attached hydrogens (tertiary/aromatic N) is 5. The molecule has 3 heterocycles. The summed E-state index contributed by atoms with van der Waals surface area (Å²) in [4.78, 5) is 18.1. The highest BCUT2D eigenvalue weighted by Gasteiger charge is 2.39. The molecule has 0 saturated carbocycles. The van der Waals surface area contributed by atoms with Gasteiger partial charge in [-0.1, -0.05) is 25.2 Å². The van der Waals surface area contributed by atoms with E-state index in [0.717, 1.165) is 21.8 Å². The molecule has 0 fully saturated rings. The Bertz CT molecular complexity index is 1450. The van der Waals surface area contributed by atoms with Crippen molar-refractivity contribution in [1.29, 1.82) is 0 Å². The number of carbonyl (C=O) groups excluding carboxylic acids is 1. The molecule has 1 atom stereocenters. The summed E-state index contributed by atoms with van der Waals surface area (Å²) >= 11 is 1.44. The van der Waals surface area contributed by atoms with Gasteiger partial charge in [-0.2, -0.15) is 13.2 Å². The molecule has 0 aliphatic carbocycles. The van der Waals surface area contributed by atoms with Crippen LogP contribution in [0.2, 0.25) is 0 Å². The number of rotatable bonds is 9. The molecule has 1 aromatic carbocycles. The normalized spacial score (nSPS) is 13.4. The van der Waals surface area contributed by atoms with Crippen LogP contribution in [-0.4, -0.2) is 51.9 Å². The maximum absolute atomic E-state index is 13.5. The van der Waals surface area contributed by atoms with Crippen LogP contribution in [0.5, 0.6) is 5.75 Å². The van der Waals surface area contributed by atoms with Crippen molar-refractivity contribution in [2.24, 2.45) is 11.8 Å². The fourth-order valence-electron chi connectivity index (χ4n) is 4.46. The molecule has 0 radical (unpaired) electrons. The zero-order valence-corrected chi connectivity index (χ0v) is 23.7. The van der Waals surface area contributed by atoms with Gasteiger partial charge < -0.3 is 4.74 Å². The number of fused-ring (bicyclic) bond motifs is 1. The summed E-state index contributed by atoms with van der Waals surface area (Å²) in [5.74, 6) is -0.825. The van der Waals surface area contributed by atoms with Crippen LogP contribution in [-0.2, 0) is 4.79 Å². The first-order chi connectivity index (χ1) is 18.2. The highest BCUT2D eigenvalue weighted by atomic mass is 32.1. The zero-order valence-electron chi connectivity index (χ0n) is 22.9. The van der Waals surface area contributed by atoms with Crippen LogP contribution in [0.4, 0.5) is 18.9 Å². The quantitative estimate of drug-likeness (QED) is 0.206. The Morgan fingerprint density at radius 2 is 1.85 bits per heavy atom. The number of imidazole rings is 1. The summed E-state index contributed by atoms with van der Waals surface area (Å²) in [7, 11) is 3.41. The van der Waals surface area contributed by atoms with Gasteiger partial charge in [0.1, 0.15) is 27.6 Å². The highest BCUT2D eigenvalue weighted by Crippen LogP contribution is 2.36. The van der Waals surface area contributed by atoms with Gasteiger partial charge in [-0.3, -0.25) is 4.40 Å². The summed E-state index contributed by atoms with van der Waals surface area (Å²) in [6, 6.07) is 9.41.